The van der Waals surface area contributed by atoms with Crippen LogP contribution < -0.4 is 0 Å². The average molecular weight is 329 g/mol. The van der Waals surface area contributed by atoms with Crippen molar-refractivity contribution in [2.24, 2.45) is 7.05 Å². The van der Waals surface area contributed by atoms with Crippen LogP contribution in [-0.4, -0.2) is 51.2 Å². The summed E-state index contributed by atoms with van der Waals surface area (Å²) < 4.78 is 1.81. The molecule has 0 bridgehead atoms. The lowest BCUT2D eigenvalue weighted by atomic mass is 9.81. The summed E-state index contributed by atoms with van der Waals surface area (Å²) in [7, 11) is 3.73. The van der Waals surface area contributed by atoms with Crippen LogP contribution in [0.1, 0.15) is 56.6 Å². The number of nitrogens with zero attached hydrogens (tertiary/aromatic N) is 5. The fourth-order valence-electron chi connectivity index (χ4n) is 4.18. The van der Waals surface area contributed by atoms with E-state index in [0.29, 0.717) is 6.54 Å². The van der Waals surface area contributed by atoms with E-state index in [-0.39, 0.29) is 11.9 Å². The molecule has 1 aliphatic carbocycles. The molecule has 1 aromatic heterocycles. The van der Waals surface area contributed by atoms with E-state index in [1.165, 1.54) is 12.0 Å². The molecule has 0 aromatic carbocycles. The van der Waals surface area contributed by atoms with Gasteiger partial charge in [-0.3, -0.25) is 14.4 Å². The number of carbonyl (C=O) groups is 1. The zero-order valence-electron chi connectivity index (χ0n) is 14.7. The monoisotopic (exact) mass is 329 g/mol. The third-order valence-corrected chi connectivity index (χ3v) is 5.72. The van der Waals surface area contributed by atoms with Gasteiger partial charge in [-0.15, -0.1) is 0 Å². The maximum Gasteiger partial charge on any atom is 0.237 e. The maximum atomic E-state index is 12.9. The number of aryl methyl sites for hydroxylation is 1. The highest BCUT2D eigenvalue weighted by molar-refractivity contribution is 5.79. The van der Waals surface area contributed by atoms with Crippen LogP contribution in [0.15, 0.2) is 12.4 Å². The molecule has 130 valence electrons. The fourth-order valence-corrected chi connectivity index (χ4v) is 4.18. The molecule has 24 heavy (non-hydrogen) atoms. The molecule has 0 spiro atoms. The summed E-state index contributed by atoms with van der Waals surface area (Å²) in [5, 5.41) is 13.9. The van der Waals surface area contributed by atoms with Gasteiger partial charge in [-0.1, -0.05) is 19.3 Å². The highest BCUT2D eigenvalue weighted by Gasteiger charge is 2.40. The number of hydrogen-bond acceptors (Lipinski definition) is 4. The molecular weight excluding hydrogens is 302 g/mol. The van der Waals surface area contributed by atoms with E-state index in [2.05, 4.69) is 16.1 Å². The zero-order chi connectivity index (χ0) is 17.2. The van der Waals surface area contributed by atoms with Crippen LogP contribution in [0.2, 0.25) is 0 Å². The molecular formula is C18H27N5O. The Hall–Kier alpha value is -1.87. The van der Waals surface area contributed by atoms with E-state index in [1.807, 2.05) is 31.2 Å². The maximum absolute atomic E-state index is 12.9. The van der Waals surface area contributed by atoms with Crippen LogP contribution in [0.3, 0.4) is 0 Å². The Bertz CT molecular complexity index is 626. The Kier molecular flexibility index (Phi) is 4.91. The lowest BCUT2D eigenvalue weighted by Gasteiger charge is -2.40. The number of hydrogen-bond donors (Lipinski definition) is 0. The number of rotatable bonds is 4. The van der Waals surface area contributed by atoms with Gasteiger partial charge in [-0.05, 0) is 32.2 Å². The van der Waals surface area contributed by atoms with E-state index in [1.54, 1.807) is 4.90 Å². The number of aromatic nitrogens is 2. The highest BCUT2D eigenvalue weighted by atomic mass is 16.2. The summed E-state index contributed by atoms with van der Waals surface area (Å²) in [5.74, 6) is 0.0641. The summed E-state index contributed by atoms with van der Waals surface area (Å²) in [4.78, 5) is 16.8. The Morgan fingerprint density at radius 2 is 2.17 bits per heavy atom. The van der Waals surface area contributed by atoms with Crippen LogP contribution in [0.25, 0.3) is 0 Å². The number of amides is 1. The second-order valence-electron chi connectivity index (χ2n) is 7.23. The minimum atomic E-state index is -0.598. The van der Waals surface area contributed by atoms with Gasteiger partial charge in [-0.25, -0.2) is 0 Å². The summed E-state index contributed by atoms with van der Waals surface area (Å²) in [6.45, 7) is 1.32. The molecule has 0 N–H and O–H groups in total. The average Bonchev–Trinajstić information content (AvgIpc) is 3.23. The van der Waals surface area contributed by atoms with E-state index in [0.717, 1.165) is 45.1 Å². The predicted octanol–water partition coefficient (Wildman–Crippen LogP) is 2.24. The minimum absolute atomic E-state index is 0.0641. The third-order valence-electron chi connectivity index (χ3n) is 5.72. The SMILES string of the molecule is CN(C(=O)CN1CCC[C@H]1c1cnn(C)c1)C1(C#N)CCCCC1. The van der Waals surface area contributed by atoms with Gasteiger partial charge < -0.3 is 4.90 Å². The van der Waals surface area contributed by atoms with Gasteiger partial charge in [0.25, 0.3) is 0 Å². The van der Waals surface area contributed by atoms with E-state index in [4.69, 9.17) is 0 Å². The quantitative estimate of drug-likeness (QED) is 0.850. The van der Waals surface area contributed by atoms with Crippen molar-refractivity contribution < 1.29 is 4.79 Å². The Morgan fingerprint density at radius 3 is 2.79 bits per heavy atom. The Balaban J connectivity index is 1.68. The number of likely N-dealkylation sites (N-methyl/N-ethyl adjacent to an activating group) is 1. The van der Waals surface area contributed by atoms with Crippen LogP contribution in [0, 0.1) is 11.3 Å². The molecule has 3 rings (SSSR count). The third kappa shape index (κ3) is 3.18. The number of carbonyl (C=O) groups excluding carboxylic acids is 1. The second-order valence-corrected chi connectivity index (χ2v) is 7.23. The number of nitriles is 1. The molecule has 1 saturated heterocycles. The van der Waals surface area contributed by atoms with Gasteiger partial charge in [-0.2, -0.15) is 10.4 Å². The number of likely N-dealkylation sites (tertiary alicyclic amines) is 1. The normalized spacial score (nSPS) is 23.8. The predicted molar refractivity (Wildman–Crippen MR) is 91.0 cm³/mol. The summed E-state index contributed by atoms with van der Waals surface area (Å²) in [6.07, 6.45) is 10.9. The van der Waals surface area contributed by atoms with Crippen LogP contribution in [0.4, 0.5) is 0 Å². The molecule has 0 unspecified atom stereocenters. The van der Waals surface area contributed by atoms with Crippen LogP contribution in [-0.2, 0) is 11.8 Å². The molecule has 1 saturated carbocycles. The van der Waals surface area contributed by atoms with Crippen molar-refractivity contribution in [2.75, 3.05) is 20.1 Å². The van der Waals surface area contributed by atoms with E-state index in [9.17, 15) is 10.1 Å². The topological polar surface area (TPSA) is 65.2 Å². The first-order chi connectivity index (χ1) is 11.6. The van der Waals surface area contributed by atoms with Crippen molar-refractivity contribution >= 4 is 5.91 Å². The van der Waals surface area contributed by atoms with Gasteiger partial charge in [0.1, 0.15) is 5.54 Å². The van der Waals surface area contributed by atoms with Gasteiger partial charge in [0.2, 0.25) is 5.91 Å². The van der Waals surface area contributed by atoms with Gasteiger partial charge in [0.15, 0.2) is 0 Å². The van der Waals surface area contributed by atoms with Gasteiger partial charge in [0, 0.05) is 31.9 Å². The molecule has 1 aromatic rings. The van der Waals surface area contributed by atoms with Gasteiger partial charge in [0.05, 0.1) is 18.8 Å². The van der Waals surface area contributed by atoms with Crippen molar-refractivity contribution in [1.29, 1.82) is 5.26 Å². The first-order valence-corrected chi connectivity index (χ1v) is 8.96. The molecule has 2 aliphatic rings. The molecule has 6 nitrogen and oxygen atoms in total. The first-order valence-electron chi connectivity index (χ1n) is 8.96. The molecule has 1 atom stereocenters. The van der Waals surface area contributed by atoms with E-state index < -0.39 is 5.54 Å². The van der Waals surface area contributed by atoms with Crippen molar-refractivity contribution in [1.82, 2.24) is 19.6 Å². The largest absolute Gasteiger partial charge is 0.326 e. The molecule has 1 aliphatic heterocycles. The van der Waals surface area contributed by atoms with Crippen molar-refractivity contribution in [2.45, 2.75) is 56.5 Å². The van der Waals surface area contributed by atoms with Crippen LogP contribution in [0.5, 0.6) is 0 Å². The second kappa shape index (κ2) is 6.94. The molecule has 6 heteroatoms. The lowest BCUT2D eigenvalue weighted by molar-refractivity contribution is -0.136. The summed E-state index contributed by atoms with van der Waals surface area (Å²) in [5.41, 5.74) is 0.580. The zero-order valence-corrected chi connectivity index (χ0v) is 14.7. The highest BCUT2D eigenvalue weighted by Crippen LogP contribution is 2.34. The molecule has 2 heterocycles. The van der Waals surface area contributed by atoms with Crippen LogP contribution >= 0.6 is 0 Å². The summed E-state index contributed by atoms with van der Waals surface area (Å²) >= 11 is 0. The van der Waals surface area contributed by atoms with Crippen molar-refractivity contribution in [3.8, 4) is 6.07 Å². The first kappa shape index (κ1) is 17.0. The minimum Gasteiger partial charge on any atom is -0.326 e. The van der Waals surface area contributed by atoms with Gasteiger partial charge >= 0.3 is 0 Å². The Morgan fingerprint density at radius 1 is 1.42 bits per heavy atom. The molecule has 2 fully saturated rings. The fraction of sp³-hybridized carbons (Fsp3) is 0.722. The molecule has 0 radical (unpaired) electrons. The van der Waals surface area contributed by atoms with Crippen molar-refractivity contribution in [3.63, 3.8) is 0 Å². The molecule has 1 amide bonds. The lowest BCUT2D eigenvalue weighted by Crippen LogP contribution is -2.52. The Labute approximate surface area is 144 Å². The standard InChI is InChI=1S/C18H27N5O/c1-21-12-15(11-20-21)16-7-6-10-23(16)13-17(24)22(2)18(14-19)8-4-3-5-9-18/h11-12,16H,3-10,13H2,1-2H3/t16-/m0/s1. The summed E-state index contributed by atoms with van der Waals surface area (Å²) in [6, 6.07) is 2.71. The smallest absolute Gasteiger partial charge is 0.237 e. The van der Waals surface area contributed by atoms with E-state index >= 15 is 0 Å². The van der Waals surface area contributed by atoms with Crippen molar-refractivity contribution in [3.05, 3.63) is 18.0 Å².